The number of furan rings is 1. The summed E-state index contributed by atoms with van der Waals surface area (Å²) in [5.74, 6) is 2.19. The maximum absolute atomic E-state index is 12.7. The lowest BCUT2D eigenvalue weighted by Crippen LogP contribution is -2.15. The molecule has 0 aliphatic carbocycles. The van der Waals surface area contributed by atoms with Gasteiger partial charge in [-0.1, -0.05) is 6.92 Å². The second-order valence-electron chi connectivity index (χ2n) is 8.92. The number of nitrogens with zero attached hydrogens (tertiary/aromatic N) is 5. The van der Waals surface area contributed by atoms with Crippen molar-refractivity contribution in [3.8, 4) is 17.1 Å². The molecule has 4 aromatic heterocycles. The Hall–Kier alpha value is -3.42. The van der Waals surface area contributed by atoms with Gasteiger partial charge in [0.1, 0.15) is 23.8 Å². The largest absolute Gasteiger partial charge is 0.470 e. The number of aromatic nitrogens is 5. The first-order valence-corrected chi connectivity index (χ1v) is 11.1. The summed E-state index contributed by atoms with van der Waals surface area (Å²) in [6.07, 6.45) is 0.392. The number of carbonyl (C=O) groups excluding carboxylic acids is 1. The Morgan fingerprint density at radius 2 is 1.82 bits per heavy atom. The maximum atomic E-state index is 12.7. The summed E-state index contributed by atoms with van der Waals surface area (Å²) in [5.41, 5.74) is 6.68. The van der Waals surface area contributed by atoms with Crippen molar-refractivity contribution in [1.29, 1.82) is 0 Å². The van der Waals surface area contributed by atoms with Gasteiger partial charge in [0.25, 0.3) is 0 Å². The van der Waals surface area contributed by atoms with E-state index >= 15 is 0 Å². The number of pyridine rings is 1. The lowest BCUT2D eigenvalue weighted by Gasteiger charge is -2.12. The zero-order chi connectivity index (χ0) is 24.0. The fourth-order valence-electron chi connectivity index (χ4n) is 4.69. The molecule has 1 unspecified atom stereocenters. The van der Waals surface area contributed by atoms with Crippen LogP contribution < -0.4 is 4.74 Å². The first-order chi connectivity index (χ1) is 15.6. The van der Waals surface area contributed by atoms with E-state index in [1.165, 1.54) is 0 Å². The quantitative estimate of drug-likeness (QED) is 0.408. The third-order valence-electron chi connectivity index (χ3n) is 6.24. The molecule has 33 heavy (non-hydrogen) atoms. The van der Waals surface area contributed by atoms with Gasteiger partial charge < -0.3 is 9.15 Å². The van der Waals surface area contributed by atoms with Crippen molar-refractivity contribution < 1.29 is 13.9 Å². The molecule has 8 nitrogen and oxygen atoms in total. The minimum Gasteiger partial charge on any atom is -0.470 e. The molecule has 0 N–H and O–H groups in total. The Balaban J connectivity index is 1.52. The summed E-state index contributed by atoms with van der Waals surface area (Å²) >= 11 is 0. The molecule has 0 fully saturated rings. The number of aryl methyl sites for hydroxylation is 6. The van der Waals surface area contributed by atoms with Crippen molar-refractivity contribution in [2.24, 2.45) is 14.1 Å². The molecule has 1 atom stereocenters. The Labute approximate surface area is 193 Å². The van der Waals surface area contributed by atoms with Crippen molar-refractivity contribution in [3.05, 3.63) is 46.2 Å². The van der Waals surface area contributed by atoms with Gasteiger partial charge in [0.15, 0.2) is 11.4 Å². The van der Waals surface area contributed by atoms with E-state index in [1.54, 1.807) is 4.68 Å². The molecule has 4 aromatic rings. The molecule has 4 rings (SSSR count). The van der Waals surface area contributed by atoms with Crippen molar-refractivity contribution in [3.63, 3.8) is 0 Å². The van der Waals surface area contributed by atoms with Gasteiger partial charge in [0.05, 0.1) is 11.1 Å². The number of hydrogen-bond donors (Lipinski definition) is 0. The Kier molecular flexibility index (Phi) is 5.86. The fourth-order valence-corrected chi connectivity index (χ4v) is 4.69. The Morgan fingerprint density at radius 1 is 1.09 bits per heavy atom. The van der Waals surface area contributed by atoms with Crippen LogP contribution in [0, 0.1) is 34.6 Å². The van der Waals surface area contributed by atoms with Gasteiger partial charge in [-0.2, -0.15) is 15.2 Å². The highest BCUT2D eigenvalue weighted by Gasteiger charge is 2.21. The van der Waals surface area contributed by atoms with Crippen LogP contribution in [0.25, 0.3) is 22.3 Å². The number of hydrogen-bond acceptors (Lipinski definition) is 6. The maximum Gasteiger partial charge on any atom is 0.215 e. The first kappa shape index (κ1) is 22.8. The summed E-state index contributed by atoms with van der Waals surface area (Å²) < 4.78 is 15.1. The van der Waals surface area contributed by atoms with E-state index in [2.05, 4.69) is 22.1 Å². The summed E-state index contributed by atoms with van der Waals surface area (Å²) in [6.45, 7) is 11.9. The lowest BCUT2D eigenvalue weighted by molar-refractivity contribution is -0.121. The molecule has 0 saturated carbocycles. The average molecular weight is 450 g/mol. The highest BCUT2D eigenvalue weighted by molar-refractivity contribution is 5.94. The molecule has 174 valence electrons. The zero-order valence-corrected chi connectivity index (χ0v) is 20.6. The van der Waals surface area contributed by atoms with Crippen LogP contribution in [-0.2, 0) is 18.9 Å². The van der Waals surface area contributed by atoms with Crippen LogP contribution in [0.3, 0.4) is 0 Å². The van der Waals surface area contributed by atoms with Gasteiger partial charge in [-0.25, -0.2) is 4.68 Å². The Bertz CT molecular complexity index is 1360. The Morgan fingerprint density at radius 3 is 2.42 bits per heavy atom. The molecule has 0 spiro atoms. The molecule has 0 radical (unpaired) electrons. The zero-order valence-electron chi connectivity index (χ0n) is 20.6. The van der Waals surface area contributed by atoms with Crippen LogP contribution in [-0.4, -0.2) is 36.9 Å². The van der Waals surface area contributed by atoms with Gasteiger partial charge in [-0.3, -0.25) is 9.48 Å². The van der Waals surface area contributed by atoms with Gasteiger partial charge in [0, 0.05) is 37.8 Å². The van der Waals surface area contributed by atoms with E-state index in [4.69, 9.17) is 9.15 Å². The van der Waals surface area contributed by atoms with E-state index < -0.39 is 0 Å². The van der Waals surface area contributed by atoms with Crippen LogP contribution in [0.2, 0.25) is 0 Å². The molecule has 4 heterocycles. The molecule has 0 aliphatic heterocycles. The highest BCUT2D eigenvalue weighted by Crippen LogP contribution is 2.34. The normalized spacial score (nSPS) is 12.5. The summed E-state index contributed by atoms with van der Waals surface area (Å²) in [7, 11) is 3.78. The van der Waals surface area contributed by atoms with E-state index in [0.29, 0.717) is 17.9 Å². The molecule has 0 aromatic carbocycles. The minimum atomic E-state index is -0.0224. The van der Waals surface area contributed by atoms with Crippen LogP contribution in [0.4, 0.5) is 0 Å². The number of Topliss-reactive ketones (excluding diaryl/α,β-unsaturated/α-hetero) is 1. The second kappa shape index (κ2) is 8.50. The second-order valence-corrected chi connectivity index (χ2v) is 8.92. The van der Waals surface area contributed by atoms with Crippen molar-refractivity contribution in [1.82, 2.24) is 24.5 Å². The van der Waals surface area contributed by atoms with E-state index in [-0.39, 0.29) is 18.3 Å². The number of fused-ring (bicyclic) bond motifs is 1. The van der Waals surface area contributed by atoms with Gasteiger partial charge in [-0.05, 0) is 57.7 Å². The molecule has 0 aliphatic rings. The molecular weight excluding hydrogens is 418 g/mol. The van der Waals surface area contributed by atoms with Crippen LogP contribution in [0.15, 0.2) is 16.5 Å². The molecule has 8 heteroatoms. The summed E-state index contributed by atoms with van der Waals surface area (Å²) in [6, 6.07) is 3.86. The molecule has 0 bridgehead atoms. The smallest absolute Gasteiger partial charge is 0.215 e. The number of ether oxygens (including phenoxy) is 1. The van der Waals surface area contributed by atoms with Crippen LogP contribution >= 0.6 is 0 Å². The standard InChI is InChI=1S/C25H31N5O3/c1-13(22-16(4)27-29(7)17(22)5)9-19(31)12-32-21-10-14(2)23-24(28-30(8)25(23)26-21)20-11-15(3)33-18(20)6/h10-11,13H,9,12H2,1-8H3. The molecule has 0 saturated heterocycles. The van der Waals surface area contributed by atoms with Crippen molar-refractivity contribution >= 4 is 16.8 Å². The predicted octanol–water partition coefficient (Wildman–Crippen LogP) is 4.65. The monoisotopic (exact) mass is 449 g/mol. The van der Waals surface area contributed by atoms with Crippen molar-refractivity contribution in [2.75, 3.05) is 6.61 Å². The molecular formula is C25H31N5O3. The minimum absolute atomic E-state index is 0.0224. The SMILES string of the molecule is Cc1cc(-c2nn(C)c3nc(OCC(=O)CC(C)c4c(C)nn(C)c4C)cc(C)c23)c(C)o1. The average Bonchev–Trinajstić information content (AvgIpc) is 3.33. The van der Waals surface area contributed by atoms with Gasteiger partial charge in [-0.15, -0.1) is 0 Å². The third-order valence-corrected chi connectivity index (χ3v) is 6.24. The fraction of sp³-hybridized carbons (Fsp3) is 0.440. The van der Waals surface area contributed by atoms with Gasteiger partial charge in [0.2, 0.25) is 5.88 Å². The van der Waals surface area contributed by atoms with E-state index in [0.717, 1.165) is 50.7 Å². The van der Waals surface area contributed by atoms with Gasteiger partial charge >= 0.3 is 0 Å². The summed E-state index contributed by atoms with van der Waals surface area (Å²) in [5, 5.41) is 10.1. The van der Waals surface area contributed by atoms with Crippen molar-refractivity contribution in [2.45, 2.75) is 53.9 Å². The number of carbonyl (C=O) groups is 1. The van der Waals surface area contributed by atoms with E-state index in [1.807, 2.05) is 65.5 Å². The van der Waals surface area contributed by atoms with Crippen LogP contribution in [0.1, 0.15) is 53.3 Å². The third kappa shape index (κ3) is 4.17. The lowest BCUT2D eigenvalue weighted by atomic mass is 9.94. The number of rotatable bonds is 7. The highest BCUT2D eigenvalue weighted by atomic mass is 16.5. The van der Waals surface area contributed by atoms with Crippen LogP contribution in [0.5, 0.6) is 5.88 Å². The topological polar surface area (TPSA) is 88.0 Å². The first-order valence-electron chi connectivity index (χ1n) is 11.1. The summed E-state index contributed by atoms with van der Waals surface area (Å²) in [4.78, 5) is 17.3. The predicted molar refractivity (Wildman–Crippen MR) is 127 cm³/mol. The van der Waals surface area contributed by atoms with E-state index in [9.17, 15) is 4.79 Å². The molecule has 0 amide bonds. The number of ketones is 1.